The highest BCUT2D eigenvalue weighted by Crippen LogP contribution is 2.20. The SMILES string of the molecule is CC(=O)CCCCN1CCN(c2ccccc2F)CC1. The average Bonchev–Trinajstić information content (AvgIpc) is 2.45. The summed E-state index contributed by atoms with van der Waals surface area (Å²) in [5.74, 6) is 0.136. The fraction of sp³-hybridized carbons (Fsp3) is 0.562. The number of ketones is 1. The molecule has 20 heavy (non-hydrogen) atoms. The van der Waals surface area contributed by atoms with Gasteiger partial charge in [-0.3, -0.25) is 4.90 Å². The number of hydrogen-bond acceptors (Lipinski definition) is 3. The van der Waals surface area contributed by atoms with Gasteiger partial charge >= 0.3 is 0 Å². The van der Waals surface area contributed by atoms with Gasteiger partial charge in [-0.2, -0.15) is 0 Å². The largest absolute Gasteiger partial charge is 0.367 e. The number of benzene rings is 1. The Morgan fingerprint density at radius 3 is 2.50 bits per heavy atom. The van der Waals surface area contributed by atoms with Gasteiger partial charge in [-0.15, -0.1) is 0 Å². The molecular formula is C16H23FN2O. The summed E-state index contributed by atoms with van der Waals surface area (Å²) in [6.45, 7) is 6.36. The van der Waals surface area contributed by atoms with Crippen LogP contribution in [0, 0.1) is 5.82 Å². The topological polar surface area (TPSA) is 23.6 Å². The first-order valence-corrected chi connectivity index (χ1v) is 7.38. The predicted molar refractivity (Wildman–Crippen MR) is 79.6 cm³/mol. The van der Waals surface area contributed by atoms with Crippen LogP contribution in [0.5, 0.6) is 0 Å². The fourth-order valence-corrected chi connectivity index (χ4v) is 2.63. The number of Topliss-reactive ketones (excluding diaryl/α,β-unsaturated/α-hetero) is 1. The quantitative estimate of drug-likeness (QED) is 0.748. The van der Waals surface area contributed by atoms with Crippen LogP contribution in [-0.4, -0.2) is 43.4 Å². The molecule has 0 radical (unpaired) electrons. The van der Waals surface area contributed by atoms with Crippen molar-refractivity contribution in [2.75, 3.05) is 37.6 Å². The lowest BCUT2D eigenvalue weighted by Crippen LogP contribution is -2.46. The highest BCUT2D eigenvalue weighted by molar-refractivity contribution is 5.75. The molecule has 1 fully saturated rings. The van der Waals surface area contributed by atoms with E-state index >= 15 is 0 Å². The van der Waals surface area contributed by atoms with E-state index in [2.05, 4.69) is 9.80 Å². The Kier molecular flexibility index (Phi) is 5.53. The Morgan fingerprint density at radius 2 is 1.85 bits per heavy atom. The van der Waals surface area contributed by atoms with Crippen LogP contribution in [0.4, 0.5) is 10.1 Å². The Hall–Kier alpha value is -1.42. The molecule has 0 saturated carbocycles. The van der Waals surface area contributed by atoms with Crippen molar-refractivity contribution in [1.29, 1.82) is 0 Å². The molecule has 1 aliphatic heterocycles. The maximum atomic E-state index is 13.7. The number of anilines is 1. The molecule has 0 aromatic heterocycles. The number of unbranched alkanes of at least 4 members (excludes halogenated alkanes) is 1. The zero-order chi connectivity index (χ0) is 14.4. The lowest BCUT2D eigenvalue weighted by atomic mass is 10.1. The minimum absolute atomic E-state index is 0.137. The van der Waals surface area contributed by atoms with Crippen LogP contribution in [0.3, 0.4) is 0 Å². The predicted octanol–water partition coefficient (Wildman–Crippen LogP) is 2.71. The second-order valence-corrected chi connectivity index (χ2v) is 5.44. The lowest BCUT2D eigenvalue weighted by Gasteiger charge is -2.36. The summed E-state index contributed by atoms with van der Waals surface area (Å²) in [5.41, 5.74) is 0.712. The van der Waals surface area contributed by atoms with Gasteiger partial charge in [0.25, 0.3) is 0 Å². The Balaban J connectivity index is 1.73. The standard InChI is InChI=1S/C16H23FN2O/c1-14(20)6-4-5-9-18-10-12-19(13-11-18)16-8-3-2-7-15(16)17/h2-3,7-8H,4-6,9-13H2,1H3. The summed E-state index contributed by atoms with van der Waals surface area (Å²) in [6, 6.07) is 6.97. The van der Waals surface area contributed by atoms with E-state index in [1.165, 1.54) is 6.07 Å². The lowest BCUT2D eigenvalue weighted by molar-refractivity contribution is -0.117. The van der Waals surface area contributed by atoms with Crippen molar-refractivity contribution in [2.45, 2.75) is 26.2 Å². The van der Waals surface area contributed by atoms with E-state index in [1.54, 1.807) is 13.0 Å². The van der Waals surface area contributed by atoms with Gasteiger partial charge in [0.15, 0.2) is 0 Å². The summed E-state index contributed by atoms with van der Waals surface area (Å²) >= 11 is 0. The number of rotatable bonds is 6. The highest BCUT2D eigenvalue weighted by atomic mass is 19.1. The number of carbonyl (C=O) groups excluding carboxylic acids is 1. The molecule has 0 aliphatic carbocycles. The maximum Gasteiger partial charge on any atom is 0.146 e. The van der Waals surface area contributed by atoms with E-state index < -0.39 is 0 Å². The molecule has 3 nitrogen and oxygen atoms in total. The molecule has 4 heteroatoms. The van der Waals surface area contributed by atoms with Gasteiger partial charge in [0.05, 0.1) is 5.69 Å². The van der Waals surface area contributed by atoms with Crippen molar-refractivity contribution >= 4 is 11.5 Å². The summed E-state index contributed by atoms with van der Waals surface area (Å²) < 4.78 is 13.7. The molecule has 0 atom stereocenters. The molecule has 2 rings (SSSR count). The number of para-hydroxylation sites is 1. The Morgan fingerprint density at radius 1 is 1.15 bits per heavy atom. The van der Waals surface area contributed by atoms with Gasteiger partial charge in [0.2, 0.25) is 0 Å². The van der Waals surface area contributed by atoms with Crippen LogP contribution in [0.1, 0.15) is 26.2 Å². The highest BCUT2D eigenvalue weighted by Gasteiger charge is 2.18. The van der Waals surface area contributed by atoms with Crippen molar-refractivity contribution in [2.24, 2.45) is 0 Å². The Bertz CT molecular complexity index is 442. The third kappa shape index (κ3) is 4.30. The van der Waals surface area contributed by atoms with E-state index in [9.17, 15) is 9.18 Å². The third-order valence-corrected chi connectivity index (χ3v) is 3.82. The zero-order valence-electron chi connectivity index (χ0n) is 12.1. The maximum absolute atomic E-state index is 13.7. The average molecular weight is 278 g/mol. The third-order valence-electron chi connectivity index (χ3n) is 3.82. The van der Waals surface area contributed by atoms with Gasteiger partial charge in [-0.25, -0.2) is 4.39 Å². The van der Waals surface area contributed by atoms with Gasteiger partial charge < -0.3 is 9.69 Å². The normalized spacial score (nSPS) is 16.4. The molecule has 1 aromatic carbocycles. The molecule has 110 valence electrons. The first-order valence-electron chi connectivity index (χ1n) is 7.38. The fourth-order valence-electron chi connectivity index (χ4n) is 2.63. The first-order chi connectivity index (χ1) is 9.66. The molecule has 0 bridgehead atoms. The van der Waals surface area contributed by atoms with Gasteiger partial charge in [-0.1, -0.05) is 12.1 Å². The number of halogens is 1. The van der Waals surface area contributed by atoms with Crippen LogP contribution in [0.25, 0.3) is 0 Å². The molecule has 1 heterocycles. The molecule has 0 amide bonds. The molecule has 0 unspecified atom stereocenters. The molecule has 0 N–H and O–H groups in total. The van der Waals surface area contributed by atoms with Crippen molar-refractivity contribution in [1.82, 2.24) is 4.90 Å². The van der Waals surface area contributed by atoms with E-state index in [-0.39, 0.29) is 11.6 Å². The minimum Gasteiger partial charge on any atom is -0.367 e. The van der Waals surface area contributed by atoms with E-state index in [0.29, 0.717) is 12.1 Å². The summed E-state index contributed by atoms with van der Waals surface area (Å²) in [7, 11) is 0. The molecule has 0 spiro atoms. The second-order valence-electron chi connectivity index (χ2n) is 5.44. The summed E-state index contributed by atoms with van der Waals surface area (Å²) in [5, 5.41) is 0. The summed E-state index contributed by atoms with van der Waals surface area (Å²) in [4.78, 5) is 15.4. The monoisotopic (exact) mass is 278 g/mol. The number of carbonyl (C=O) groups is 1. The zero-order valence-corrected chi connectivity index (χ0v) is 12.1. The van der Waals surface area contributed by atoms with Crippen molar-refractivity contribution < 1.29 is 9.18 Å². The van der Waals surface area contributed by atoms with Crippen LogP contribution < -0.4 is 4.90 Å². The van der Waals surface area contributed by atoms with Crippen LogP contribution in [0.2, 0.25) is 0 Å². The number of piperazine rings is 1. The van der Waals surface area contributed by atoms with Crippen molar-refractivity contribution in [3.8, 4) is 0 Å². The molecule has 1 aromatic rings. The summed E-state index contributed by atoms with van der Waals surface area (Å²) in [6.07, 6.45) is 2.73. The molecular weight excluding hydrogens is 255 g/mol. The van der Waals surface area contributed by atoms with Crippen LogP contribution in [0.15, 0.2) is 24.3 Å². The van der Waals surface area contributed by atoms with Crippen LogP contribution >= 0.6 is 0 Å². The minimum atomic E-state index is -0.137. The smallest absolute Gasteiger partial charge is 0.146 e. The van der Waals surface area contributed by atoms with Gasteiger partial charge in [0.1, 0.15) is 11.6 Å². The molecule has 1 aliphatic rings. The number of hydrogen-bond donors (Lipinski definition) is 0. The number of nitrogens with zero attached hydrogens (tertiary/aromatic N) is 2. The molecule has 1 saturated heterocycles. The van der Waals surface area contributed by atoms with E-state index in [0.717, 1.165) is 45.6 Å². The van der Waals surface area contributed by atoms with Crippen LogP contribution in [-0.2, 0) is 4.79 Å². The second kappa shape index (κ2) is 7.39. The van der Waals surface area contributed by atoms with Crippen molar-refractivity contribution in [3.63, 3.8) is 0 Å². The Labute approximate surface area is 120 Å². The van der Waals surface area contributed by atoms with E-state index in [1.807, 2.05) is 12.1 Å². The van der Waals surface area contributed by atoms with Gasteiger partial charge in [0, 0.05) is 32.6 Å². The first kappa shape index (κ1) is 15.0. The van der Waals surface area contributed by atoms with E-state index in [4.69, 9.17) is 0 Å². The van der Waals surface area contributed by atoms with Crippen molar-refractivity contribution in [3.05, 3.63) is 30.1 Å². The van der Waals surface area contributed by atoms with Gasteiger partial charge in [-0.05, 0) is 38.4 Å².